The second-order valence-corrected chi connectivity index (χ2v) is 9.50. The number of H-pyrrole nitrogens is 1. The van der Waals surface area contributed by atoms with Crippen molar-refractivity contribution >= 4 is 39.5 Å². The lowest BCUT2D eigenvalue weighted by atomic mass is 10.1. The topological polar surface area (TPSA) is 71.4 Å². The van der Waals surface area contributed by atoms with Gasteiger partial charge in [0.2, 0.25) is 0 Å². The number of anilines is 1. The van der Waals surface area contributed by atoms with Crippen molar-refractivity contribution in [3.8, 4) is 17.0 Å². The average Bonchev–Trinajstić information content (AvgIpc) is 3.47. The van der Waals surface area contributed by atoms with Crippen LogP contribution in [0.25, 0.3) is 22.2 Å². The fourth-order valence-electron chi connectivity index (χ4n) is 4.41. The van der Waals surface area contributed by atoms with Gasteiger partial charge in [0.25, 0.3) is 5.91 Å². The number of benzene rings is 3. The first-order valence-corrected chi connectivity index (χ1v) is 12.4. The minimum absolute atomic E-state index is 0.0506. The molecule has 35 heavy (non-hydrogen) atoms. The third-order valence-electron chi connectivity index (χ3n) is 6.24. The van der Waals surface area contributed by atoms with Crippen LogP contribution in [0.15, 0.2) is 83.3 Å². The van der Waals surface area contributed by atoms with Gasteiger partial charge in [0, 0.05) is 34.6 Å². The quantitative estimate of drug-likeness (QED) is 0.333. The summed E-state index contributed by atoms with van der Waals surface area (Å²) in [4.78, 5) is 21.1. The lowest BCUT2D eigenvalue weighted by Crippen LogP contribution is -2.25. The summed E-state index contributed by atoms with van der Waals surface area (Å²) in [5.74, 6) is 0.556. The highest BCUT2D eigenvalue weighted by Gasteiger charge is 2.18. The summed E-state index contributed by atoms with van der Waals surface area (Å²) in [6.45, 7) is 2.90. The normalized spacial score (nSPS) is 13.5. The zero-order valence-electron chi connectivity index (χ0n) is 19.2. The van der Waals surface area contributed by atoms with Crippen LogP contribution >= 0.6 is 11.3 Å². The molecule has 0 saturated heterocycles. The molecule has 0 aliphatic carbocycles. The molecule has 3 aromatic carbocycles. The van der Waals surface area contributed by atoms with Crippen molar-refractivity contribution in [3.63, 3.8) is 0 Å². The highest BCUT2D eigenvalue weighted by Crippen LogP contribution is 2.33. The van der Waals surface area contributed by atoms with Crippen molar-refractivity contribution < 1.29 is 9.53 Å². The molecule has 174 valence electrons. The molecule has 0 radical (unpaired) electrons. The van der Waals surface area contributed by atoms with Gasteiger partial charge in [0.05, 0.1) is 17.1 Å². The molecule has 2 aromatic heterocycles. The third-order valence-corrected chi connectivity index (χ3v) is 7.11. The van der Waals surface area contributed by atoms with Crippen molar-refractivity contribution in [2.24, 2.45) is 4.99 Å². The summed E-state index contributed by atoms with van der Waals surface area (Å²) in [6, 6.07) is 22.6. The van der Waals surface area contributed by atoms with E-state index in [2.05, 4.69) is 63.7 Å². The molecule has 0 saturated carbocycles. The number of ether oxygens (including phenoxy) is 1. The lowest BCUT2D eigenvalue weighted by Gasteiger charge is -2.19. The van der Waals surface area contributed by atoms with E-state index >= 15 is 0 Å². The van der Waals surface area contributed by atoms with Gasteiger partial charge in [-0.2, -0.15) is 0 Å². The largest absolute Gasteiger partial charge is 0.482 e. The molecule has 2 N–H and O–H groups in total. The van der Waals surface area contributed by atoms with E-state index in [1.54, 1.807) is 11.3 Å². The highest BCUT2D eigenvalue weighted by atomic mass is 32.1. The van der Waals surface area contributed by atoms with Crippen LogP contribution in [-0.2, 0) is 17.8 Å². The fraction of sp³-hybridized carbons (Fsp3) is 0.143. The monoisotopic (exact) mass is 480 g/mol. The predicted octanol–water partition coefficient (Wildman–Crippen LogP) is 5.81. The Bertz CT molecular complexity index is 1610. The molecular formula is C28H24N4O2S. The number of nitrogens with zero attached hydrogens (tertiary/aromatic N) is 2. The van der Waals surface area contributed by atoms with Gasteiger partial charge in [-0.1, -0.05) is 35.9 Å². The molecule has 0 spiro atoms. The van der Waals surface area contributed by atoms with Crippen LogP contribution in [0.5, 0.6) is 5.75 Å². The van der Waals surface area contributed by atoms with Gasteiger partial charge >= 0.3 is 0 Å². The molecule has 5 aromatic rings. The molecule has 0 unspecified atom stereocenters. The standard InChI is InChI=1S/C28H24N4O2S/c1-18-6-9-21(10-7-18)30-28-32(13-12-20-15-29-23-5-3-2-4-22(20)23)25(17-35-28)19-8-11-26-24(14-19)31-27(33)16-34-26/h2-11,14-15,17,29H,12-13,16H2,1H3,(H,31,33). The zero-order valence-corrected chi connectivity index (χ0v) is 20.1. The summed E-state index contributed by atoms with van der Waals surface area (Å²) in [5.41, 5.74) is 7.33. The average molecular weight is 481 g/mol. The SMILES string of the molecule is Cc1ccc(N=c2scc(-c3ccc4c(c3)NC(=O)CO4)n2CCc2c[nH]c3ccccc23)cc1. The van der Waals surface area contributed by atoms with E-state index in [0.717, 1.165) is 40.2 Å². The van der Waals surface area contributed by atoms with Crippen molar-refractivity contribution in [2.75, 3.05) is 11.9 Å². The smallest absolute Gasteiger partial charge is 0.262 e. The minimum atomic E-state index is -0.137. The summed E-state index contributed by atoms with van der Waals surface area (Å²) in [7, 11) is 0. The first-order chi connectivity index (χ1) is 17.1. The van der Waals surface area contributed by atoms with Crippen molar-refractivity contribution in [2.45, 2.75) is 19.9 Å². The van der Waals surface area contributed by atoms with Gasteiger partial charge in [-0.05, 0) is 55.3 Å². The van der Waals surface area contributed by atoms with Gasteiger partial charge in [-0.15, -0.1) is 11.3 Å². The van der Waals surface area contributed by atoms with Crippen LogP contribution in [0.3, 0.4) is 0 Å². The molecule has 0 bridgehead atoms. The number of para-hydroxylation sites is 1. The molecule has 6 rings (SSSR count). The second-order valence-electron chi connectivity index (χ2n) is 8.66. The maximum absolute atomic E-state index is 11.9. The molecule has 1 aliphatic rings. The number of hydrogen-bond donors (Lipinski definition) is 2. The van der Waals surface area contributed by atoms with E-state index in [1.807, 2.05) is 36.4 Å². The maximum atomic E-state index is 11.9. The Kier molecular flexibility index (Phi) is 5.47. The van der Waals surface area contributed by atoms with E-state index < -0.39 is 0 Å². The van der Waals surface area contributed by atoms with Crippen LogP contribution in [0, 0.1) is 6.92 Å². The van der Waals surface area contributed by atoms with Gasteiger partial charge < -0.3 is 19.6 Å². The van der Waals surface area contributed by atoms with Gasteiger partial charge in [-0.25, -0.2) is 4.99 Å². The molecule has 7 heteroatoms. The highest BCUT2D eigenvalue weighted by molar-refractivity contribution is 7.07. The van der Waals surface area contributed by atoms with Gasteiger partial charge in [0.15, 0.2) is 11.4 Å². The fourth-order valence-corrected chi connectivity index (χ4v) is 5.36. The number of hydrogen-bond acceptors (Lipinski definition) is 4. The number of nitrogens with one attached hydrogen (secondary N) is 2. The number of thiazole rings is 1. The number of fused-ring (bicyclic) bond motifs is 2. The summed E-state index contributed by atoms with van der Waals surface area (Å²) in [5, 5.41) is 6.30. The first-order valence-electron chi connectivity index (χ1n) is 11.6. The van der Waals surface area contributed by atoms with Crippen LogP contribution in [0.1, 0.15) is 11.1 Å². The Labute approximate surface area is 206 Å². The Morgan fingerprint density at radius 2 is 1.94 bits per heavy atom. The number of carbonyl (C=O) groups excluding carboxylic acids is 1. The maximum Gasteiger partial charge on any atom is 0.262 e. The summed E-state index contributed by atoms with van der Waals surface area (Å²) >= 11 is 1.62. The lowest BCUT2D eigenvalue weighted by molar-refractivity contribution is -0.118. The van der Waals surface area contributed by atoms with E-state index in [0.29, 0.717) is 11.4 Å². The number of amides is 1. The van der Waals surface area contributed by atoms with Gasteiger partial charge in [-0.3, -0.25) is 4.79 Å². The van der Waals surface area contributed by atoms with E-state index in [4.69, 9.17) is 9.73 Å². The van der Waals surface area contributed by atoms with Gasteiger partial charge in [0.1, 0.15) is 5.75 Å². The van der Waals surface area contributed by atoms with Crippen molar-refractivity contribution in [3.05, 3.63) is 94.2 Å². The Hall–Kier alpha value is -4.10. The molecule has 1 amide bonds. The predicted molar refractivity (Wildman–Crippen MR) is 140 cm³/mol. The first kappa shape index (κ1) is 21.4. The molecule has 1 aliphatic heterocycles. The number of aromatic nitrogens is 2. The van der Waals surface area contributed by atoms with Crippen LogP contribution in [0.2, 0.25) is 0 Å². The van der Waals surface area contributed by atoms with E-state index in [1.165, 1.54) is 16.5 Å². The molecule has 0 fully saturated rings. The molecular weight excluding hydrogens is 456 g/mol. The Morgan fingerprint density at radius 1 is 1.09 bits per heavy atom. The van der Waals surface area contributed by atoms with Crippen LogP contribution < -0.4 is 14.9 Å². The summed E-state index contributed by atoms with van der Waals surface area (Å²) < 4.78 is 7.81. The van der Waals surface area contributed by atoms with E-state index in [-0.39, 0.29) is 12.5 Å². The molecule has 6 nitrogen and oxygen atoms in total. The van der Waals surface area contributed by atoms with Crippen LogP contribution in [-0.4, -0.2) is 22.1 Å². The minimum Gasteiger partial charge on any atom is -0.482 e. The number of aryl methyl sites for hydroxylation is 2. The zero-order chi connectivity index (χ0) is 23.8. The third kappa shape index (κ3) is 4.26. The van der Waals surface area contributed by atoms with Crippen molar-refractivity contribution in [1.82, 2.24) is 9.55 Å². The molecule has 3 heterocycles. The number of carbonyl (C=O) groups is 1. The Morgan fingerprint density at radius 3 is 2.83 bits per heavy atom. The number of rotatable bonds is 5. The van der Waals surface area contributed by atoms with Crippen LogP contribution in [0.4, 0.5) is 11.4 Å². The second kappa shape index (κ2) is 8.92. The Balaban J connectivity index is 1.42. The van der Waals surface area contributed by atoms with Crippen molar-refractivity contribution in [1.29, 1.82) is 0 Å². The van der Waals surface area contributed by atoms with E-state index in [9.17, 15) is 4.79 Å². The molecule has 0 atom stereocenters. The number of aromatic amines is 1. The summed E-state index contributed by atoms with van der Waals surface area (Å²) in [6.07, 6.45) is 2.96.